The molecule has 0 saturated carbocycles. The van der Waals surface area contributed by atoms with E-state index in [1.165, 1.54) is 21.1 Å². The van der Waals surface area contributed by atoms with Gasteiger partial charge in [0.15, 0.2) is 6.29 Å². The molecule has 1 aliphatic rings. The van der Waals surface area contributed by atoms with Gasteiger partial charge in [-0.25, -0.2) is 9.78 Å². The van der Waals surface area contributed by atoms with Gasteiger partial charge in [-0.15, -0.1) is 6.58 Å². The highest BCUT2D eigenvalue weighted by molar-refractivity contribution is 5.73. The summed E-state index contributed by atoms with van der Waals surface area (Å²) in [6.45, 7) is 4.86. The smallest absolute Gasteiger partial charge is 0.217 e. The quantitative estimate of drug-likeness (QED) is 0.350. The average Bonchev–Trinajstić information content (AvgIpc) is 2.46. The average molecular weight is 305 g/mol. The molecule has 8 nitrogen and oxygen atoms in total. The number of hydrogen-bond acceptors (Lipinski definition) is 7. The van der Waals surface area contributed by atoms with Crippen molar-refractivity contribution in [2.45, 2.75) is 37.6 Å². The summed E-state index contributed by atoms with van der Waals surface area (Å²) in [5.41, 5.74) is 0. The number of carbonyl (C=O) groups excluding carboxylic acids is 1. The maximum Gasteiger partial charge on any atom is 0.217 e. The van der Waals surface area contributed by atoms with Gasteiger partial charge in [-0.1, -0.05) is 6.08 Å². The van der Waals surface area contributed by atoms with E-state index in [4.69, 9.17) is 24.0 Å². The Hall–Kier alpha value is -1.03. The van der Waals surface area contributed by atoms with E-state index in [1.807, 2.05) is 0 Å². The van der Waals surface area contributed by atoms with Crippen molar-refractivity contribution < 1.29 is 33.9 Å². The molecule has 5 atom stereocenters. The van der Waals surface area contributed by atoms with Crippen LogP contribution in [0.25, 0.3) is 0 Å². The molecule has 1 rings (SSSR count). The summed E-state index contributed by atoms with van der Waals surface area (Å²) in [6, 6.07) is -0.657. The Bertz CT molecular complexity index is 338. The maximum absolute atomic E-state index is 11.4. The number of hydrogen-bond donors (Lipinski definition) is 2. The van der Waals surface area contributed by atoms with Gasteiger partial charge in [0.2, 0.25) is 5.91 Å². The summed E-state index contributed by atoms with van der Waals surface area (Å²) in [7, 11) is 2.80. The van der Waals surface area contributed by atoms with Gasteiger partial charge in [0.25, 0.3) is 0 Å². The van der Waals surface area contributed by atoms with E-state index in [1.54, 1.807) is 6.08 Å². The summed E-state index contributed by atoms with van der Waals surface area (Å²) < 4.78 is 16.4. The Labute approximate surface area is 123 Å². The van der Waals surface area contributed by atoms with E-state index in [-0.39, 0.29) is 19.1 Å². The first-order valence-electron chi connectivity index (χ1n) is 6.57. The molecular weight excluding hydrogens is 282 g/mol. The van der Waals surface area contributed by atoms with Crippen molar-refractivity contribution in [3.8, 4) is 0 Å². The molecule has 0 aromatic rings. The highest BCUT2D eigenvalue weighted by atomic mass is 17.2. The van der Waals surface area contributed by atoms with Crippen LogP contribution in [0.4, 0.5) is 0 Å². The standard InChI is InChI=1S/C13H23NO7/c1-5-6-19-13-10(14-8(2)16)12(21-18-4)11(17-3)9(7-15)20-13/h5,9-13,15H,1,6-7H2,2-4H3,(H,14,16)/t9-,10-,11-,12-,13-/m1/s1. The molecule has 1 amide bonds. The first-order chi connectivity index (χ1) is 10.1. The van der Waals surface area contributed by atoms with Gasteiger partial charge >= 0.3 is 0 Å². The van der Waals surface area contributed by atoms with Crippen LogP contribution in [0.1, 0.15) is 6.92 Å². The Morgan fingerprint density at radius 3 is 2.62 bits per heavy atom. The lowest BCUT2D eigenvalue weighted by atomic mass is 9.96. The molecule has 1 aliphatic heterocycles. The Balaban J connectivity index is 2.99. The number of ether oxygens (including phenoxy) is 3. The SMILES string of the molecule is C=CCO[C@@H]1O[C@H](CO)[C@@H](OC)[C@H](OOC)[C@H]1NC(C)=O. The molecule has 1 fully saturated rings. The molecule has 0 aromatic heterocycles. The third-order valence-electron chi connectivity index (χ3n) is 3.05. The molecule has 0 aliphatic carbocycles. The first kappa shape index (κ1) is 18.0. The minimum Gasteiger partial charge on any atom is -0.394 e. The second-order valence-corrected chi connectivity index (χ2v) is 4.50. The van der Waals surface area contributed by atoms with E-state index in [0.29, 0.717) is 0 Å². The first-order valence-corrected chi connectivity index (χ1v) is 6.57. The lowest BCUT2D eigenvalue weighted by Gasteiger charge is -2.44. The largest absolute Gasteiger partial charge is 0.394 e. The molecule has 1 saturated heterocycles. The van der Waals surface area contributed by atoms with Gasteiger partial charge in [0.1, 0.15) is 24.4 Å². The number of methoxy groups -OCH3 is 1. The summed E-state index contributed by atoms with van der Waals surface area (Å²) in [5, 5.41) is 12.1. The van der Waals surface area contributed by atoms with Crippen molar-refractivity contribution in [2.24, 2.45) is 0 Å². The van der Waals surface area contributed by atoms with Gasteiger partial charge in [-0.3, -0.25) is 4.79 Å². The Kier molecular flexibility index (Phi) is 7.79. The van der Waals surface area contributed by atoms with Crippen molar-refractivity contribution in [2.75, 3.05) is 27.4 Å². The molecule has 1 heterocycles. The third-order valence-corrected chi connectivity index (χ3v) is 3.05. The lowest BCUT2D eigenvalue weighted by Crippen LogP contribution is -2.65. The molecule has 0 spiro atoms. The fourth-order valence-corrected chi connectivity index (χ4v) is 2.25. The van der Waals surface area contributed by atoms with Crippen molar-refractivity contribution in [1.29, 1.82) is 0 Å². The molecule has 0 bridgehead atoms. The minimum absolute atomic E-state index is 0.219. The highest BCUT2D eigenvalue weighted by Gasteiger charge is 2.48. The van der Waals surface area contributed by atoms with Crippen LogP contribution in [0.15, 0.2) is 12.7 Å². The number of amides is 1. The zero-order valence-electron chi connectivity index (χ0n) is 12.5. The monoisotopic (exact) mass is 305 g/mol. The summed E-state index contributed by atoms with van der Waals surface area (Å²) >= 11 is 0. The zero-order chi connectivity index (χ0) is 15.8. The summed E-state index contributed by atoms with van der Waals surface area (Å²) in [6.07, 6.45) is -1.28. The van der Waals surface area contributed by atoms with E-state index in [2.05, 4.69) is 11.9 Å². The van der Waals surface area contributed by atoms with Crippen LogP contribution in [0.2, 0.25) is 0 Å². The molecule has 122 valence electrons. The third kappa shape index (κ3) is 4.73. The van der Waals surface area contributed by atoms with Gasteiger partial charge < -0.3 is 24.6 Å². The molecule has 0 radical (unpaired) electrons. The van der Waals surface area contributed by atoms with Gasteiger partial charge in [0.05, 0.1) is 20.3 Å². The van der Waals surface area contributed by atoms with Crippen LogP contribution in [-0.4, -0.2) is 69.1 Å². The van der Waals surface area contributed by atoms with Crippen molar-refractivity contribution >= 4 is 5.91 Å². The summed E-state index contributed by atoms with van der Waals surface area (Å²) in [5.74, 6) is -0.280. The predicted octanol–water partition coefficient (Wildman–Crippen LogP) is -0.627. The van der Waals surface area contributed by atoms with Crippen LogP contribution >= 0.6 is 0 Å². The fraction of sp³-hybridized carbons (Fsp3) is 0.769. The minimum atomic E-state index is -0.824. The van der Waals surface area contributed by atoms with E-state index >= 15 is 0 Å². The maximum atomic E-state index is 11.4. The molecule has 0 aromatic carbocycles. The second-order valence-electron chi connectivity index (χ2n) is 4.50. The van der Waals surface area contributed by atoms with Crippen LogP contribution in [0.5, 0.6) is 0 Å². The number of carbonyl (C=O) groups is 1. The summed E-state index contributed by atoms with van der Waals surface area (Å²) in [4.78, 5) is 21.3. The van der Waals surface area contributed by atoms with Crippen molar-refractivity contribution in [3.63, 3.8) is 0 Å². The van der Waals surface area contributed by atoms with Crippen molar-refractivity contribution in [1.82, 2.24) is 5.32 Å². The van der Waals surface area contributed by atoms with Crippen LogP contribution < -0.4 is 5.32 Å². The van der Waals surface area contributed by atoms with E-state index in [0.717, 1.165) is 0 Å². The normalized spacial score (nSPS) is 32.7. The number of aliphatic hydroxyl groups excluding tert-OH is 1. The molecular formula is C13H23NO7. The van der Waals surface area contributed by atoms with E-state index in [9.17, 15) is 9.90 Å². The molecule has 8 heteroatoms. The molecule has 21 heavy (non-hydrogen) atoms. The van der Waals surface area contributed by atoms with Crippen LogP contribution in [0.3, 0.4) is 0 Å². The highest BCUT2D eigenvalue weighted by Crippen LogP contribution is 2.26. The Morgan fingerprint density at radius 1 is 1.43 bits per heavy atom. The van der Waals surface area contributed by atoms with E-state index < -0.39 is 30.6 Å². The zero-order valence-corrected chi connectivity index (χ0v) is 12.5. The van der Waals surface area contributed by atoms with Gasteiger partial charge in [-0.2, -0.15) is 0 Å². The van der Waals surface area contributed by atoms with Crippen LogP contribution in [-0.2, 0) is 28.8 Å². The topological polar surface area (TPSA) is 95.5 Å². The predicted molar refractivity (Wildman–Crippen MR) is 72.2 cm³/mol. The number of rotatable bonds is 8. The van der Waals surface area contributed by atoms with Crippen molar-refractivity contribution in [3.05, 3.63) is 12.7 Å². The molecule has 2 N–H and O–H groups in total. The lowest BCUT2D eigenvalue weighted by molar-refractivity contribution is -0.370. The van der Waals surface area contributed by atoms with Gasteiger partial charge in [-0.05, 0) is 0 Å². The number of aliphatic hydroxyl groups is 1. The second kappa shape index (κ2) is 9.08. The Morgan fingerprint density at radius 2 is 2.14 bits per heavy atom. The van der Waals surface area contributed by atoms with Gasteiger partial charge in [0, 0.05) is 14.0 Å². The number of nitrogens with one attached hydrogen (secondary N) is 1. The fourth-order valence-electron chi connectivity index (χ4n) is 2.25. The van der Waals surface area contributed by atoms with Crippen LogP contribution in [0, 0.1) is 0 Å². The molecule has 0 unspecified atom stereocenters.